The van der Waals surface area contributed by atoms with E-state index in [-0.39, 0.29) is 11.9 Å². The van der Waals surface area contributed by atoms with Gasteiger partial charge in [-0.3, -0.25) is 9.78 Å². The van der Waals surface area contributed by atoms with Gasteiger partial charge in [-0.15, -0.1) is 0 Å². The second kappa shape index (κ2) is 5.04. The molecule has 18 heavy (non-hydrogen) atoms. The zero-order valence-electron chi connectivity index (χ0n) is 10.7. The molecule has 0 saturated heterocycles. The van der Waals surface area contributed by atoms with Gasteiger partial charge in [0.2, 0.25) is 0 Å². The molecule has 1 N–H and O–H groups in total. The Morgan fingerprint density at radius 2 is 2.11 bits per heavy atom. The number of carbonyl (C=O) groups excluding carboxylic acids is 1. The minimum absolute atomic E-state index is 0.102. The SMILES string of the molecule is Cc1ccc([C@@H](C)NC(=O)c2occc2C)cn1. The van der Waals surface area contributed by atoms with Gasteiger partial charge >= 0.3 is 0 Å². The molecule has 94 valence electrons. The largest absolute Gasteiger partial charge is 0.459 e. The van der Waals surface area contributed by atoms with Gasteiger partial charge in [0.05, 0.1) is 12.3 Å². The number of aromatic nitrogens is 1. The number of hydrogen-bond donors (Lipinski definition) is 1. The molecule has 0 aliphatic carbocycles. The number of hydrogen-bond acceptors (Lipinski definition) is 3. The fraction of sp³-hybridized carbons (Fsp3) is 0.286. The fourth-order valence-corrected chi connectivity index (χ4v) is 1.69. The molecule has 2 heterocycles. The number of carbonyl (C=O) groups is 1. The highest BCUT2D eigenvalue weighted by atomic mass is 16.3. The first-order valence-corrected chi connectivity index (χ1v) is 5.85. The van der Waals surface area contributed by atoms with E-state index in [4.69, 9.17) is 4.42 Å². The summed E-state index contributed by atoms with van der Waals surface area (Å²) in [5.74, 6) is 0.160. The monoisotopic (exact) mass is 244 g/mol. The third-order valence-corrected chi connectivity index (χ3v) is 2.85. The number of furan rings is 1. The fourth-order valence-electron chi connectivity index (χ4n) is 1.69. The quantitative estimate of drug-likeness (QED) is 0.903. The number of rotatable bonds is 3. The molecule has 0 aromatic carbocycles. The Kier molecular flexibility index (Phi) is 3.46. The molecule has 0 aliphatic heterocycles. The van der Waals surface area contributed by atoms with Crippen LogP contribution in [-0.2, 0) is 0 Å². The molecule has 4 heteroatoms. The summed E-state index contributed by atoms with van der Waals surface area (Å²) in [6, 6.07) is 5.56. The van der Waals surface area contributed by atoms with Gasteiger partial charge in [-0.05, 0) is 38.5 Å². The van der Waals surface area contributed by atoms with Gasteiger partial charge in [-0.25, -0.2) is 0 Å². The average Bonchev–Trinajstić information content (AvgIpc) is 2.76. The summed E-state index contributed by atoms with van der Waals surface area (Å²) in [6.07, 6.45) is 3.29. The van der Waals surface area contributed by atoms with Crippen molar-refractivity contribution >= 4 is 5.91 Å². The molecule has 4 nitrogen and oxygen atoms in total. The lowest BCUT2D eigenvalue weighted by molar-refractivity contribution is 0.0911. The Morgan fingerprint density at radius 3 is 2.67 bits per heavy atom. The average molecular weight is 244 g/mol. The number of nitrogens with zero attached hydrogens (tertiary/aromatic N) is 1. The smallest absolute Gasteiger partial charge is 0.287 e. The highest BCUT2D eigenvalue weighted by molar-refractivity contribution is 5.93. The van der Waals surface area contributed by atoms with Gasteiger partial charge < -0.3 is 9.73 Å². The minimum atomic E-state index is -0.203. The topological polar surface area (TPSA) is 55.1 Å². The summed E-state index contributed by atoms with van der Waals surface area (Å²) in [7, 11) is 0. The summed E-state index contributed by atoms with van der Waals surface area (Å²) < 4.78 is 5.15. The lowest BCUT2D eigenvalue weighted by Gasteiger charge is -2.13. The van der Waals surface area contributed by atoms with Crippen LogP contribution in [0.15, 0.2) is 35.1 Å². The third-order valence-electron chi connectivity index (χ3n) is 2.85. The second-order valence-electron chi connectivity index (χ2n) is 4.36. The first kappa shape index (κ1) is 12.4. The Balaban J connectivity index is 2.08. The van der Waals surface area contributed by atoms with Gasteiger partial charge in [-0.2, -0.15) is 0 Å². The first-order valence-electron chi connectivity index (χ1n) is 5.85. The van der Waals surface area contributed by atoms with E-state index in [2.05, 4.69) is 10.3 Å². The van der Waals surface area contributed by atoms with Crippen molar-refractivity contribution in [2.24, 2.45) is 0 Å². The molecule has 0 aliphatic rings. The maximum atomic E-state index is 12.0. The highest BCUT2D eigenvalue weighted by Crippen LogP contribution is 2.14. The maximum Gasteiger partial charge on any atom is 0.287 e. The molecule has 0 radical (unpaired) electrons. The van der Waals surface area contributed by atoms with E-state index in [0.29, 0.717) is 5.76 Å². The molecule has 0 bridgehead atoms. The van der Waals surface area contributed by atoms with Crippen LogP contribution in [0.1, 0.15) is 40.3 Å². The normalized spacial score (nSPS) is 12.2. The minimum Gasteiger partial charge on any atom is -0.459 e. The van der Waals surface area contributed by atoms with Crippen LogP contribution < -0.4 is 5.32 Å². The van der Waals surface area contributed by atoms with Gasteiger partial charge in [0.1, 0.15) is 0 Å². The summed E-state index contributed by atoms with van der Waals surface area (Å²) >= 11 is 0. The summed E-state index contributed by atoms with van der Waals surface area (Å²) in [5.41, 5.74) is 2.76. The predicted molar refractivity (Wildman–Crippen MR) is 68.3 cm³/mol. The van der Waals surface area contributed by atoms with Crippen LogP contribution in [0.2, 0.25) is 0 Å². The molecular formula is C14H16N2O2. The van der Waals surface area contributed by atoms with Gasteiger partial charge in [0, 0.05) is 17.5 Å². The Bertz CT molecular complexity index is 543. The van der Waals surface area contributed by atoms with Crippen molar-refractivity contribution in [2.45, 2.75) is 26.8 Å². The lowest BCUT2D eigenvalue weighted by atomic mass is 10.1. The van der Waals surface area contributed by atoms with E-state index < -0.39 is 0 Å². The summed E-state index contributed by atoms with van der Waals surface area (Å²) in [4.78, 5) is 16.2. The lowest BCUT2D eigenvalue weighted by Crippen LogP contribution is -2.26. The van der Waals surface area contributed by atoms with E-state index in [1.54, 1.807) is 12.3 Å². The van der Waals surface area contributed by atoms with E-state index in [1.807, 2.05) is 32.9 Å². The van der Waals surface area contributed by atoms with E-state index in [1.165, 1.54) is 6.26 Å². The molecule has 1 amide bonds. The van der Waals surface area contributed by atoms with Crippen molar-refractivity contribution in [3.8, 4) is 0 Å². The molecule has 1 atom stereocenters. The van der Waals surface area contributed by atoms with Crippen molar-refractivity contribution in [2.75, 3.05) is 0 Å². The second-order valence-corrected chi connectivity index (χ2v) is 4.36. The number of amides is 1. The molecule has 2 aromatic rings. The van der Waals surface area contributed by atoms with Crippen molar-refractivity contribution in [3.05, 3.63) is 53.2 Å². The third kappa shape index (κ3) is 2.59. The van der Waals surface area contributed by atoms with E-state index in [0.717, 1.165) is 16.8 Å². The Hall–Kier alpha value is -2.10. The molecule has 0 spiro atoms. The van der Waals surface area contributed by atoms with Gasteiger partial charge in [-0.1, -0.05) is 6.07 Å². The molecule has 0 unspecified atom stereocenters. The zero-order valence-corrected chi connectivity index (χ0v) is 10.7. The van der Waals surface area contributed by atoms with Crippen LogP contribution >= 0.6 is 0 Å². The maximum absolute atomic E-state index is 12.0. The number of nitrogens with one attached hydrogen (secondary N) is 1. The van der Waals surface area contributed by atoms with Gasteiger partial charge in [0.15, 0.2) is 5.76 Å². The molecular weight excluding hydrogens is 228 g/mol. The van der Waals surface area contributed by atoms with Crippen molar-refractivity contribution in [3.63, 3.8) is 0 Å². The van der Waals surface area contributed by atoms with Crippen molar-refractivity contribution in [1.82, 2.24) is 10.3 Å². The van der Waals surface area contributed by atoms with E-state index in [9.17, 15) is 4.79 Å². The summed E-state index contributed by atoms with van der Waals surface area (Å²) in [6.45, 7) is 5.69. The van der Waals surface area contributed by atoms with Crippen molar-refractivity contribution < 1.29 is 9.21 Å². The van der Waals surface area contributed by atoms with Crippen molar-refractivity contribution in [1.29, 1.82) is 0 Å². The molecule has 0 fully saturated rings. The number of pyridine rings is 1. The summed E-state index contributed by atoms with van der Waals surface area (Å²) in [5, 5.41) is 2.89. The number of aryl methyl sites for hydroxylation is 2. The highest BCUT2D eigenvalue weighted by Gasteiger charge is 2.16. The van der Waals surface area contributed by atoms with Crippen LogP contribution in [0.25, 0.3) is 0 Å². The molecule has 0 saturated carbocycles. The standard InChI is InChI=1S/C14H16N2O2/c1-9-6-7-18-13(9)14(17)16-11(3)12-5-4-10(2)15-8-12/h4-8,11H,1-3H3,(H,16,17)/t11-/m1/s1. The molecule has 2 aromatic heterocycles. The van der Waals surface area contributed by atoms with Gasteiger partial charge in [0.25, 0.3) is 5.91 Å². The van der Waals surface area contributed by atoms with E-state index >= 15 is 0 Å². The van der Waals surface area contributed by atoms with Crippen LogP contribution in [0.4, 0.5) is 0 Å². The van der Waals surface area contributed by atoms with Crippen LogP contribution in [-0.4, -0.2) is 10.9 Å². The Morgan fingerprint density at radius 1 is 1.33 bits per heavy atom. The Labute approximate surface area is 106 Å². The predicted octanol–water partition coefficient (Wildman–Crippen LogP) is 2.78. The van der Waals surface area contributed by atoms with Crippen LogP contribution in [0.5, 0.6) is 0 Å². The van der Waals surface area contributed by atoms with Crippen LogP contribution in [0, 0.1) is 13.8 Å². The van der Waals surface area contributed by atoms with Crippen LogP contribution in [0.3, 0.4) is 0 Å². The zero-order chi connectivity index (χ0) is 13.1. The first-order chi connectivity index (χ1) is 8.58. The molecule has 2 rings (SSSR count).